The van der Waals surface area contributed by atoms with Gasteiger partial charge >= 0.3 is 0 Å². The molecule has 1 aliphatic rings. The molecule has 0 bridgehead atoms. The molecule has 1 atom stereocenters. The van der Waals surface area contributed by atoms with Gasteiger partial charge in [0.1, 0.15) is 11.3 Å². The molecular formula is C14H14Cl2N2O2. The van der Waals surface area contributed by atoms with Crippen LogP contribution in [0.2, 0.25) is 10.0 Å². The fourth-order valence-electron chi connectivity index (χ4n) is 1.97. The maximum absolute atomic E-state index is 11.8. The first-order chi connectivity index (χ1) is 9.43. The number of carbonyl (C=O) groups excluding carboxylic acids is 1. The fraction of sp³-hybridized carbons (Fsp3) is 0.429. The van der Waals surface area contributed by atoms with E-state index in [1.165, 1.54) is 0 Å². The molecule has 0 aliphatic heterocycles. The third-order valence-electron chi connectivity index (χ3n) is 3.23. The molecule has 1 N–H and O–H groups in total. The van der Waals surface area contributed by atoms with Gasteiger partial charge in [-0.1, -0.05) is 23.2 Å². The Labute approximate surface area is 127 Å². The van der Waals surface area contributed by atoms with Crippen LogP contribution < -0.4 is 10.1 Å². The summed E-state index contributed by atoms with van der Waals surface area (Å²) in [6, 6.07) is 6.89. The van der Waals surface area contributed by atoms with E-state index in [2.05, 4.69) is 11.4 Å². The highest BCUT2D eigenvalue weighted by Crippen LogP contribution is 2.39. The summed E-state index contributed by atoms with van der Waals surface area (Å²) in [5.74, 6) is 0.317. The van der Waals surface area contributed by atoms with Crippen LogP contribution in [0.4, 0.5) is 0 Å². The number of rotatable bonds is 5. The standard InChI is InChI=1S/C14H14Cl2N2O2/c1-14(8-17,9-2-3-9)18-13(19)7-20-12-5-10(15)4-11(16)6-12/h4-6,9H,2-3,7H2,1H3,(H,18,19)/t14-/m1/s1. The summed E-state index contributed by atoms with van der Waals surface area (Å²) < 4.78 is 5.33. The number of nitrogens with one attached hydrogen (secondary N) is 1. The molecule has 0 aromatic heterocycles. The Balaban J connectivity index is 1.90. The van der Waals surface area contributed by atoms with Crippen molar-refractivity contribution in [2.45, 2.75) is 25.3 Å². The molecular weight excluding hydrogens is 299 g/mol. The zero-order valence-electron chi connectivity index (χ0n) is 11.0. The van der Waals surface area contributed by atoms with Gasteiger partial charge in [0.2, 0.25) is 0 Å². The van der Waals surface area contributed by atoms with E-state index in [0.29, 0.717) is 15.8 Å². The topological polar surface area (TPSA) is 62.1 Å². The fourth-order valence-corrected chi connectivity index (χ4v) is 2.47. The molecule has 1 aliphatic carbocycles. The lowest BCUT2D eigenvalue weighted by atomic mass is 9.98. The van der Waals surface area contributed by atoms with Crippen molar-refractivity contribution in [3.05, 3.63) is 28.2 Å². The lowest BCUT2D eigenvalue weighted by Gasteiger charge is -2.22. The first-order valence-electron chi connectivity index (χ1n) is 6.24. The highest BCUT2D eigenvalue weighted by molar-refractivity contribution is 6.34. The van der Waals surface area contributed by atoms with E-state index in [4.69, 9.17) is 33.2 Å². The highest BCUT2D eigenvalue weighted by atomic mass is 35.5. The first-order valence-corrected chi connectivity index (χ1v) is 7.00. The van der Waals surface area contributed by atoms with Gasteiger partial charge in [-0.3, -0.25) is 4.79 Å². The Morgan fingerprint density at radius 3 is 2.55 bits per heavy atom. The summed E-state index contributed by atoms with van der Waals surface area (Å²) in [5, 5.41) is 12.8. The van der Waals surface area contributed by atoms with Gasteiger partial charge in [-0.15, -0.1) is 0 Å². The van der Waals surface area contributed by atoms with Crippen molar-refractivity contribution >= 4 is 29.1 Å². The van der Waals surface area contributed by atoms with E-state index in [9.17, 15) is 4.79 Å². The van der Waals surface area contributed by atoms with Crippen LogP contribution in [0.3, 0.4) is 0 Å². The van der Waals surface area contributed by atoms with Crippen molar-refractivity contribution in [2.24, 2.45) is 5.92 Å². The van der Waals surface area contributed by atoms with Gasteiger partial charge < -0.3 is 10.1 Å². The second-order valence-electron chi connectivity index (χ2n) is 5.03. The number of nitrogens with zero attached hydrogens (tertiary/aromatic N) is 1. The summed E-state index contributed by atoms with van der Waals surface area (Å²) in [6.45, 7) is 1.56. The molecule has 1 amide bonds. The second kappa shape index (κ2) is 5.90. The van der Waals surface area contributed by atoms with Crippen molar-refractivity contribution in [1.29, 1.82) is 5.26 Å². The number of benzene rings is 1. The highest BCUT2D eigenvalue weighted by Gasteiger charge is 2.43. The molecule has 0 unspecified atom stereocenters. The second-order valence-corrected chi connectivity index (χ2v) is 5.90. The molecule has 2 rings (SSSR count). The predicted octanol–water partition coefficient (Wildman–Crippen LogP) is 3.18. The maximum Gasteiger partial charge on any atom is 0.259 e. The first kappa shape index (κ1) is 15.0. The number of nitriles is 1. The van der Waals surface area contributed by atoms with Crippen LogP contribution in [0.1, 0.15) is 19.8 Å². The van der Waals surface area contributed by atoms with Crippen molar-refractivity contribution in [2.75, 3.05) is 6.61 Å². The van der Waals surface area contributed by atoms with E-state index >= 15 is 0 Å². The number of hydrogen-bond donors (Lipinski definition) is 1. The number of amides is 1. The van der Waals surface area contributed by atoms with E-state index in [0.717, 1.165) is 12.8 Å². The number of hydrogen-bond acceptors (Lipinski definition) is 3. The molecule has 0 heterocycles. The summed E-state index contributed by atoms with van der Waals surface area (Å²) in [5.41, 5.74) is -0.813. The molecule has 0 spiro atoms. The van der Waals surface area contributed by atoms with E-state index in [1.807, 2.05) is 0 Å². The Bertz CT molecular complexity index is 547. The average Bonchev–Trinajstić information content (AvgIpc) is 3.19. The quantitative estimate of drug-likeness (QED) is 0.908. The molecule has 6 heteroatoms. The van der Waals surface area contributed by atoms with Crippen LogP contribution in [0.15, 0.2) is 18.2 Å². The van der Waals surface area contributed by atoms with Gasteiger partial charge in [0.15, 0.2) is 6.61 Å². The summed E-state index contributed by atoms with van der Waals surface area (Å²) in [7, 11) is 0. The zero-order valence-corrected chi connectivity index (χ0v) is 12.5. The molecule has 106 valence electrons. The lowest BCUT2D eigenvalue weighted by Crippen LogP contribution is -2.48. The molecule has 20 heavy (non-hydrogen) atoms. The normalized spacial score (nSPS) is 16.9. The van der Waals surface area contributed by atoms with E-state index in [-0.39, 0.29) is 18.4 Å². The largest absolute Gasteiger partial charge is 0.484 e. The predicted molar refractivity (Wildman–Crippen MR) is 76.8 cm³/mol. The van der Waals surface area contributed by atoms with Gasteiger partial charge in [0.25, 0.3) is 5.91 Å². The van der Waals surface area contributed by atoms with Crippen LogP contribution in [0.25, 0.3) is 0 Å². The van der Waals surface area contributed by atoms with Crippen LogP contribution in [-0.4, -0.2) is 18.1 Å². The molecule has 0 radical (unpaired) electrons. The Kier molecular flexibility index (Phi) is 4.42. The smallest absolute Gasteiger partial charge is 0.259 e. The third kappa shape index (κ3) is 3.78. The van der Waals surface area contributed by atoms with Crippen molar-refractivity contribution < 1.29 is 9.53 Å². The molecule has 1 saturated carbocycles. The monoisotopic (exact) mass is 312 g/mol. The van der Waals surface area contributed by atoms with Gasteiger partial charge in [-0.25, -0.2) is 0 Å². The number of carbonyl (C=O) groups is 1. The Hall–Kier alpha value is -1.44. The molecule has 4 nitrogen and oxygen atoms in total. The molecule has 1 fully saturated rings. The SMILES string of the molecule is C[C@](C#N)(NC(=O)COc1cc(Cl)cc(Cl)c1)C1CC1. The van der Waals surface area contributed by atoms with Crippen molar-refractivity contribution in [1.82, 2.24) is 5.32 Å². The van der Waals surface area contributed by atoms with Crippen LogP contribution >= 0.6 is 23.2 Å². The van der Waals surface area contributed by atoms with Crippen LogP contribution in [0, 0.1) is 17.2 Å². The maximum atomic E-state index is 11.8. The minimum atomic E-state index is -0.813. The summed E-state index contributed by atoms with van der Waals surface area (Å²) in [4.78, 5) is 11.8. The Morgan fingerprint density at radius 2 is 2.05 bits per heavy atom. The van der Waals surface area contributed by atoms with Gasteiger partial charge in [0, 0.05) is 10.0 Å². The summed E-state index contributed by atoms with van der Waals surface area (Å²) >= 11 is 11.7. The van der Waals surface area contributed by atoms with Crippen molar-refractivity contribution in [3.8, 4) is 11.8 Å². The van der Waals surface area contributed by atoms with Gasteiger partial charge in [-0.2, -0.15) is 5.26 Å². The van der Waals surface area contributed by atoms with Gasteiger partial charge in [-0.05, 0) is 43.9 Å². The van der Waals surface area contributed by atoms with E-state index in [1.54, 1.807) is 25.1 Å². The minimum Gasteiger partial charge on any atom is -0.484 e. The van der Waals surface area contributed by atoms with E-state index < -0.39 is 5.54 Å². The van der Waals surface area contributed by atoms with Gasteiger partial charge in [0.05, 0.1) is 6.07 Å². The van der Waals surface area contributed by atoms with Crippen molar-refractivity contribution in [3.63, 3.8) is 0 Å². The summed E-state index contributed by atoms with van der Waals surface area (Å²) in [6.07, 6.45) is 1.93. The zero-order chi connectivity index (χ0) is 14.8. The lowest BCUT2D eigenvalue weighted by molar-refractivity contribution is -0.124. The number of ether oxygens (including phenoxy) is 1. The molecule has 1 aromatic carbocycles. The van der Waals surface area contributed by atoms with Crippen LogP contribution in [0.5, 0.6) is 5.75 Å². The minimum absolute atomic E-state index is 0.180. The molecule has 1 aromatic rings. The molecule has 0 saturated heterocycles. The Morgan fingerprint density at radius 1 is 1.45 bits per heavy atom. The van der Waals surface area contributed by atoms with Crippen LogP contribution in [-0.2, 0) is 4.79 Å². The number of halogens is 2. The average molecular weight is 313 g/mol. The third-order valence-corrected chi connectivity index (χ3v) is 3.67.